The summed E-state index contributed by atoms with van der Waals surface area (Å²) in [7, 11) is 1.97. The number of anilines is 1. The number of thiophene rings is 1. The van der Waals surface area contributed by atoms with Gasteiger partial charge in [0.15, 0.2) is 5.13 Å². The quantitative estimate of drug-likeness (QED) is 0.672. The Hall–Kier alpha value is -2.03. The minimum atomic E-state index is 0.0120. The molecule has 5 rings (SSSR count). The Balaban J connectivity index is 1.52. The Morgan fingerprint density at radius 3 is 3.15 bits per heavy atom. The fourth-order valence-electron chi connectivity index (χ4n) is 3.80. The SMILES string of the molecule is Cn1ncc2c1CCc1sc(N(C[C@H]3CCCO3)C(=O)c3cccs3)nc1-2. The first kappa shape index (κ1) is 17.1. The number of aromatic nitrogens is 3. The Morgan fingerprint density at radius 2 is 2.37 bits per heavy atom. The van der Waals surface area contributed by atoms with Crippen LogP contribution in [0.3, 0.4) is 0 Å². The fourth-order valence-corrected chi connectivity index (χ4v) is 5.55. The summed E-state index contributed by atoms with van der Waals surface area (Å²) in [4.78, 5) is 21.9. The van der Waals surface area contributed by atoms with Crippen LogP contribution in [0, 0.1) is 0 Å². The zero-order valence-corrected chi connectivity index (χ0v) is 16.7. The monoisotopic (exact) mass is 400 g/mol. The van der Waals surface area contributed by atoms with Gasteiger partial charge < -0.3 is 4.74 Å². The van der Waals surface area contributed by atoms with E-state index in [1.165, 1.54) is 21.9 Å². The summed E-state index contributed by atoms with van der Waals surface area (Å²) in [5, 5.41) is 7.10. The molecule has 140 valence electrons. The molecule has 0 N–H and O–H groups in total. The van der Waals surface area contributed by atoms with E-state index in [-0.39, 0.29) is 12.0 Å². The van der Waals surface area contributed by atoms with Crippen LogP contribution < -0.4 is 4.90 Å². The number of thiazole rings is 1. The number of amides is 1. The highest BCUT2D eigenvalue weighted by atomic mass is 32.1. The van der Waals surface area contributed by atoms with Gasteiger partial charge in [-0.05, 0) is 37.1 Å². The predicted molar refractivity (Wildman–Crippen MR) is 107 cm³/mol. The minimum absolute atomic E-state index is 0.0120. The summed E-state index contributed by atoms with van der Waals surface area (Å²) in [6.07, 6.45) is 5.93. The number of carbonyl (C=O) groups is 1. The van der Waals surface area contributed by atoms with Gasteiger partial charge in [0.2, 0.25) is 0 Å². The van der Waals surface area contributed by atoms with Crippen molar-refractivity contribution in [3.63, 3.8) is 0 Å². The molecule has 0 bridgehead atoms. The average Bonchev–Trinajstić information content (AvgIpc) is 3.45. The lowest BCUT2D eigenvalue weighted by Crippen LogP contribution is -2.37. The minimum Gasteiger partial charge on any atom is -0.376 e. The summed E-state index contributed by atoms with van der Waals surface area (Å²) < 4.78 is 7.74. The Morgan fingerprint density at radius 1 is 1.44 bits per heavy atom. The molecule has 1 aliphatic carbocycles. The van der Waals surface area contributed by atoms with Crippen molar-refractivity contribution in [1.82, 2.24) is 14.8 Å². The number of hydrogen-bond acceptors (Lipinski definition) is 6. The first-order chi connectivity index (χ1) is 13.2. The van der Waals surface area contributed by atoms with Gasteiger partial charge in [0.25, 0.3) is 5.91 Å². The lowest BCUT2D eigenvalue weighted by Gasteiger charge is -2.22. The molecule has 0 saturated carbocycles. The van der Waals surface area contributed by atoms with Crippen LogP contribution >= 0.6 is 22.7 Å². The summed E-state index contributed by atoms with van der Waals surface area (Å²) in [6.45, 7) is 1.34. The lowest BCUT2D eigenvalue weighted by atomic mass is 10.0. The summed E-state index contributed by atoms with van der Waals surface area (Å²) in [5.74, 6) is 0.0120. The predicted octanol–water partition coefficient (Wildman–Crippen LogP) is 3.53. The number of fused-ring (bicyclic) bond motifs is 3. The molecule has 27 heavy (non-hydrogen) atoms. The molecule has 3 aromatic heterocycles. The van der Waals surface area contributed by atoms with Crippen molar-refractivity contribution in [1.29, 1.82) is 0 Å². The number of aryl methyl sites for hydroxylation is 2. The van der Waals surface area contributed by atoms with Crippen molar-refractivity contribution < 1.29 is 9.53 Å². The summed E-state index contributed by atoms with van der Waals surface area (Å²) in [6, 6.07) is 3.79. The maximum absolute atomic E-state index is 13.2. The molecule has 1 fully saturated rings. The molecule has 0 radical (unpaired) electrons. The Labute approximate surface area is 165 Å². The van der Waals surface area contributed by atoms with Crippen LogP contribution in [0.15, 0.2) is 23.7 Å². The van der Waals surface area contributed by atoms with Crippen molar-refractivity contribution in [2.45, 2.75) is 31.8 Å². The Kier molecular flexibility index (Phi) is 4.34. The molecule has 1 aliphatic heterocycles. The van der Waals surface area contributed by atoms with E-state index in [0.717, 1.165) is 53.6 Å². The van der Waals surface area contributed by atoms with E-state index < -0.39 is 0 Å². The molecule has 8 heteroatoms. The smallest absolute Gasteiger partial charge is 0.270 e. The zero-order chi connectivity index (χ0) is 18.4. The van der Waals surface area contributed by atoms with Gasteiger partial charge in [-0.1, -0.05) is 6.07 Å². The van der Waals surface area contributed by atoms with Crippen molar-refractivity contribution in [2.75, 3.05) is 18.1 Å². The highest BCUT2D eigenvalue weighted by Crippen LogP contribution is 2.39. The molecule has 1 atom stereocenters. The molecule has 6 nitrogen and oxygen atoms in total. The van der Waals surface area contributed by atoms with E-state index in [1.807, 2.05) is 40.3 Å². The van der Waals surface area contributed by atoms with E-state index in [9.17, 15) is 4.79 Å². The molecule has 0 aromatic carbocycles. The number of carbonyl (C=O) groups excluding carboxylic acids is 1. The topological polar surface area (TPSA) is 60.2 Å². The normalized spacial score (nSPS) is 18.3. The third kappa shape index (κ3) is 3.01. The molecule has 4 heterocycles. The molecular formula is C19H20N4O2S2. The number of ether oxygens (including phenoxy) is 1. The van der Waals surface area contributed by atoms with Gasteiger partial charge in [-0.25, -0.2) is 4.98 Å². The van der Waals surface area contributed by atoms with Crippen molar-refractivity contribution in [2.24, 2.45) is 7.05 Å². The van der Waals surface area contributed by atoms with E-state index in [1.54, 1.807) is 11.3 Å². The van der Waals surface area contributed by atoms with Gasteiger partial charge in [-0.15, -0.1) is 22.7 Å². The molecule has 3 aromatic rings. The molecule has 2 aliphatic rings. The van der Waals surface area contributed by atoms with Crippen LogP contribution in [-0.2, 0) is 24.6 Å². The second-order valence-corrected chi connectivity index (χ2v) is 8.93. The fraction of sp³-hybridized carbons (Fsp3) is 0.421. The van der Waals surface area contributed by atoms with Crippen LogP contribution in [0.25, 0.3) is 11.3 Å². The van der Waals surface area contributed by atoms with Crippen molar-refractivity contribution >= 4 is 33.7 Å². The molecular weight excluding hydrogens is 380 g/mol. The molecule has 0 spiro atoms. The van der Waals surface area contributed by atoms with Gasteiger partial charge in [0.05, 0.1) is 29.4 Å². The molecule has 1 amide bonds. The highest BCUT2D eigenvalue weighted by molar-refractivity contribution is 7.16. The summed E-state index contributed by atoms with van der Waals surface area (Å²) >= 11 is 3.10. The molecule has 1 saturated heterocycles. The standard InChI is InChI=1S/C19H20N4O2S2/c1-22-14-6-7-15-17(13(14)10-20-22)21-19(27-15)23(11-12-4-2-8-25-12)18(24)16-5-3-9-26-16/h3,5,9-10,12H,2,4,6-8,11H2,1H3/t12-/m1/s1. The number of hydrogen-bond donors (Lipinski definition) is 0. The van der Waals surface area contributed by atoms with Gasteiger partial charge in [-0.2, -0.15) is 5.10 Å². The third-order valence-corrected chi connectivity index (χ3v) is 7.21. The first-order valence-corrected chi connectivity index (χ1v) is 10.9. The molecule has 0 unspecified atom stereocenters. The van der Waals surface area contributed by atoms with Crippen LogP contribution in [0.4, 0.5) is 5.13 Å². The van der Waals surface area contributed by atoms with Crippen LogP contribution in [0.2, 0.25) is 0 Å². The van der Waals surface area contributed by atoms with E-state index >= 15 is 0 Å². The van der Waals surface area contributed by atoms with Crippen LogP contribution in [0.1, 0.15) is 33.1 Å². The maximum Gasteiger partial charge on any atom is 0.270 e. The van der Waals surface area contributed by atoms with E-state index in [0.29, 0.717) is 6.54 Å². The van der Waals surface area contributed by atoms with Crippen LogP contribution in [0.5, 0.6) is 0 Å². The van der Waals surface area contributed by atoms with Gasteiger partial charge in [-0.3, -0.25) is 14.4 Å². The first-order valence-electron chi connectivity index (χ1n) is 9.18. The van der Waals surface area contributed by atoms with Gasteiger partial charge in [0, 0.05) is 29.8 Å². The van der Waals surface area contributed by atoms with Crippen molar-refractivity contribution in [3.8, 4) is 11.3 Å². The highest BCUT2D eigenvalue weighted by Gasteiger charge is 2.30. The third-order valence-electron chi connectivity index (χ3n) is 5.21. The van der Waals surface area contributed by atoms with Crippen molar-refractivity contribution in [3.05, 3.63) is 39.2 Å². The number of nitrogens with zero attached hydrogens (tertiary/aromatic N) is 4. The largest absolute Gasteiger partial charge is 0.376 e. The number of rotatable bonds is 4. The average molecular weight is 401 g/mol. The second-order valence-electron chi connectivity index (χ2n) is 6.92. The maximum atomic E-state index is 13.2. The van der Waals surface area contributed by atoms with Crippen LogP contribution in [-0.4, -0.2) is 39.9 Å². The van der Waals surface area contributed by atoms with E-state index in [2.05, 4.69) is 5.10 Å². The Bertz CT molecular complexity index is 970. The van der Waals surface area contributed by atoms with Gasteiger partial charge in [0.1, 0.15) is 0 Å². The lowest BCUT2D eigenvalue weighted by molar-refractivity contribution is 0.0920. The summed E-state index contributed by atoms with van der Waals surface area (Å²) in [5.41, 5.74) is 3.30. The second kappa shape index (κ2) is 6.85. The van der Waals surface area contributed by atoms with Gasteiger partial charge >= 0.3 is 0 Å². The van der Waals surface area contributed by atoms with E-state index in [4.69, 9.17) is 9.72 Å². The zero-order valence-electron chi connectivity index (χ0n) is 15.1.